The number of Topliss-reactive ketones (excluding diaryl/α,β-unsaturated/α-hetero) is 1. The average Bonchev–Trinajstić information content (AvgIpc) is 3.30. The van der Waals surface area contributed by atoms with Crippen molar-refractivity contribution in [2.45, 2.75) is 26.1 Å². The van der Waals surface area contributed by atoms with Gasteiger partial charge < -0.3 is 19.5 Å². The molecule has 0 radical (unpaired) electrons. The molecule has 44 heavy (non-hydrogen) atoms. The van der Waals surface area contributed by atoms with Crippen LogP contribution in [0.3, 0.4) is 0 Å². The molecule has 0 spiro atoms. The number of benzene rings is 4. The van der Waals surface area contributed by atoms with Gasteiger partial charge in [0.05, 0.1) is 11.6 Å². The number of hydrogen-bond acceptors (Lipinski definition) is 6. The van der Waals surface area contributed by atoms with Crippen LogP contribution >= 0.6 is 0 Å². The van der Waals surface area contributed by atoms with Crippen LogP contribution in [-0.2, 0) is 22.7 Å². The predicted octanol–water partition coefficient (Wildman–Crippen LogP) is 7.38. The number of carbonyl (C=O) groups excluding carboxylic acids is 2. The van der Waals surface area contributed by atoms with Gasteiger partial charge >= 0.3 is 0 Å². The molecule has 7 nitrogen and oxygen atoms in total. The first-order valence-electron chi connectivity index (χ1n) is 14.3. The second-order valence-corrected chi connectivity index (χ2v) is 10.5. The van der Waals surface area contributed by atoms with Crippen molar-refractivity contribution in [3.63, 3.8) is 0 Å². The standard InChI is InChI=1S/C37H30N2O5/c1-25-20-30(43-24-26-10-4-2-5-11-26)17-18-32(25)35(40)33-34(39(37(42)36(33)41)23-27-12-9-19-38-22-27)28-13-8-16-31(21-28)44-29-14-6-3-7-15-29/h2-22,34,40H,23-24H2,1H3/b35-33+. The number of aliphatic hydroxyl groups excluding tert-OH is 1. The summed E-state index contributed by atoms with van der Waals surface area (Å²) in [4.78, 5) is 32.8. The molecule has 1 unspecified atom stereocenters. The van der Waals surface area contributed by atoms with Crippen molar-refractivity contribution < 1.29 is 24.2 Å². The number of hydrogen-bond donors (Lipinski definition) is 1. The Hall–Kier alpha value is -5.69. The maximum absolute atomic E-state index is 13.6. The molecule has 4 aromatic carbocycles. The van der Waals surface area contributed by atoms with Gasteiger partial charge in [-0.2, -0.15) is 0 Å². The highest BCUT2D eigenvalue weighted by Gasteiger charge is 2.46. The highest BCUT2D eigenvalue weighted by molar-refractivity contribution is 6.46. The first-order chi connectivity index (χ1) is 21.5. The van der Waals surface area contributed by atoms with E-state index in [9.17, 15) is 14.7 Å². The van der Waals surface area contributed by atoms with Crippen LogP contribution in [0.5, 0.6) is 17.2 Å². The molecular weight excluding hydrogens is 552 g/mol. The third kappa shape index (κ3) is 6.08. The van der Waals surface area contributed by atoms with E-state index in [0.29, 0.717) is 40.5 Å². The number of aliphatic hydroxyl groups is 1. The molecule has 0 aliphatic carbocycles. The molecule has 7 heteroatoms. The maximum atomic E-state index is 13.6. The number of aryl methyl sites for hydroxylation is 1. The molecular formula is C37H30N2O5. The fourth-order valence-electron chi connectivity index (χ4n) is 5.33. The number of amides is 1. The van der Waals surface area contributed by atoms with Crippen LogP contribution in [-0.4, -0.2) is 26.7 Å². The SMILES string of the molecule is Cc1cc(OCc2ccccc2)ccc1/C(O)=C1\C(=O)C(=O)N(Cc2cccnc2)C1c1cccc(Oc2ccccc2)c1. The van der Waals surface area contributed by atoms with Crippen LogP contribution in [0.1, 0.15) is 33.9 Å². The summed E-state index contributed by atoms with van der Waals surface area (Å²) in [5, 5.41) is 11.7. The second kappa shape index (κ2) is 12.7. The molecule has 218 valence electrons. The van der Waals surface area contributed by atoms with E-state index in [-0.39, 0.29) is 17.9 Å². The molecule has 0 bridgehead atoms. The zero-order valence-corrected chi connectivity index (χ0v) is 24.1. The van der Waals surface area contributed by atoms with Gasteiger partial charge in [-0.1, -0.05) is 66.7 Å². The molecule has 1 fully saturated rings. The Kier molecular flexibility index (Phi) is 8.19. The van der Waals surface area contributed by atoms with Gasteiger partial charge in [-0.05, 0) is 77.7 Å². The molecule has 1 N–H and O–H groups in total. The summed E-state index contributed by atoms with van der Waals surface area (Å²) in [5.41, 5.74) is 3.57. The number of pyridine rings is 1. The Bertz CT molecular complexity index is 1820. The third-order valence-electron chi connectivity index (χ3n) is 7.47. The minimum Gasteiger partial charge on any atom is -0.507 e. The highest BCUT2D eigenvalue weighted by Crippen LogP contribution is 2.42. The molecule has 1 aliphatic rings. The topological polar surface area (TPSA) is 89.0 Å². The average molecular weight is 583 g/mol. The van der Waals surface area contributed by atoms with Gasteiger partial charge in [0.25, 0.3) is 11.7 Å². The molecule has 0 saturated carbocycles. The minimum absolute atomic E-state index is 0.0109. The van der Waals surface area contributed by atoms with Crippen LogP contribution in [0.15, 0.2) is 133 Å². The summed E-state index contributed by atoms with van der Waals surface area (Å²) in [6.07, 6.45) is 3.30. The lowest BCUT2D eigenvalue weighted by atomic mass is 9.93. The predicted molar refractivity (Wildman–Crippen MR) is 167 cm³/mol. The maximum Gasteiger partial charge on any atom is 0.295 e. The van der Waals surface area contributed by atoms with E-state index >= 15 is 0 Å². The van der Waals surface area contributed by atoms with Gasteiger partial charge in [-0.15, -0.1) is 0 Å². The summed E-state index contributed by atoms with van der Waals surface area (Å²) in [6.45, 7) is 2.36. The Labute approximate surface area is 255 Å². The minimum atomic E-state index is -0.858. The summed E-state index contributed by atoms with van der Waals surface area (Å²) in [5.74, 6) is 0.117. The van der Waals surface area contributed by atoms with Crippen molar-refractivity contribution in [1.29, 1.82) is 0 Å². The van der Waals surface area contributed by atoms with E-state index in [1.807, 2.05) is 97.9 Å². The van der Waals surface area contributed by atoms with Gasteiger partial charge in [0.15, 0.2) is 0 Å². The highest BCUT2D eigenvalue weighted by atomic mass is 16.5. The lowest BCUT2D eigenvalue weighted by Gasteiger charge is -2.26. The van der Waals surface area contributed by atoms with Crippen molar-refractivity contribution in [3.8, 4) is 17.2 Å². The van der Waals surface area contributed by atoms with Gasteiger partial charge in [0.1, 0.15) is 29.6 Å². The quantitative estimate of drug-likeness (QED) is 0.111. The van der Waals surface area contributed by atoms with E-state index in [1.165, 1.54) is 4.90 Å². The number of likely N-dealkylation sites (tertiary alicyclic amines) is 1. The van der Waals surface area contributed by atoms with E-state index in [0.717, 1.165) is 11.1 Å². The summed E-state index contributed by atoms with van der Waals surface area (Å²) < 4.78 is 12.0. The Morgan fingerprint density at radius 1 is 0.795 bits per heavy atom. The lowest BCUT2D eigenvalue weighted by molar-refractivity contribution is -0.140. The van der Waals surface area contributed by atoms with Crippen LogP contribution in [0, 0.1) is 6.92 Å². The van der Waals surface area contributed by atoms with E-state index in [2.05, 4.69) is 4.98 Å². The number of ketones is 1. The van der Waals surface area contributed by atoms with Crippen LogP contribution < -0.4 is 9.47 Å². The number of nitrogens with zero attached hydrogens (tertiary/aromatic N) is 2. The zero-order chi connectivity index (χ0) is 30.5. The zero-order valence-electron chi connectivity index (χ0n) is 24.1. The van der Waals surface area contributed by atoms with Crippen LogP contribution in [0.25, 0.3) is 5.76 Å². The largest absolute Gasteiger partial charge is 0.507 e. The van der Waals surface area contributed by atoms with Gasteiger partial charge in [0, 0.05) is 24.5 Å². The van der Waals surface area contributed by atoms with Crippen molar-refractivity contribution in [1.82, 2.24) is 9.88 Å². The first-order valence-corrected chi connectivity index (χ1v) is 14.3. The second-order valence-electron chi connectivity index (χ2n) is 10.5. The fourth-order valence-corrected chi connectivity index (χ4v) is 5.33. The monoisotopic (exact) mass is 582 g/mol. The van der Waals surface area contributed by atoms with Crippen molar-refractivity contribution in [2.75, 3.05) is 0 Å². The van der Waals surface area contributed by atoms with Crippen molar-refractivity contribution in [2.24, 2.45) is 0 Å². The number of para-hydroxylation sites is 1. The van der Waals surface area contributed by atoms with Crippen LogP contribution in [0.2, 0.25) is 0 Å². The third-order valence-corrected chi connectivity index (χ3v) is 7.47. The van der Waals surface area contributed by atoms with Gasteiger partial charge in [-0.25, -0.2) is 0 Å². The van der Waals surface area contributed by atoms with Gasteiger partial charge in [0.2, 0.25) is 0 Å². The summed E-state index contributed by atoms with van der Waals surface area (Å²) in [7, 11) is 0. The molecule has 1 amide bonds. The number of carbonyl (C=O) groups is 2. The normalized spacial score (nSPS) is 15.8. The van der Waals surface area contributed by atoms with E-state index in [4.69, 9.17) is 9.47 Å². The molecule has 5 aromatic rings. The number of aromatic nitrogens is 1. The lowest BCUT2D eigenvalue weighted by Crippen LogP contribution is -2.29. The summed E-state index contributed by atoms with van der Waals surface area (Å²) in [6, 6.07) is 34.4. The Morgan fingerprint density at radius 3 is 2.25 bits per heavy atom. The Morgan fingerprint density at radius 2 is 1.52 bits per heavy atom. The molecule has 1 aromatic heterocycles. The smallest absolute Gasteiger partial charge is 0.295 e. The summed E-state index contributed by atoms with van der Waals surface area (Å²) >= 11 is 0. The van der Waals surface area contributed by atoms with Crippen LogP contribution in [0.4, 0.5) is 0 Å². The molecule has 1 aliphatic heterocycles. The van der Waals surface area contributed by atoms with Crippen molar-refractivity contribution in [3.05, 3.63) is 161 Å². The van der Waals surface area contributed by atoms with E-state index < -0.39 is 17.7 Å². The first kappa shape index (κ1) is 28.4. The van der Waals surface area contributed by atoms with Gasteiger partial charge in [-0.3, -0.25) is 14.6 Å². The fraction of sp³-hybridized carbons (Fsp3) is 0.108. The molecule has 6 rings (SSSR count). The van der Waals surface area contributed by atoms with E-state index in [1.54, 1.807) is 36.7 Å². The number of ether oxygens (including phenoxy) is 2. The molecule has 1 atom stereocenters. The molecule has 1 saturated heterocycles. The van der Waals surface area contributed by atoms with Crippen molar-refractivity contribution >= 4 is 17.4 Å². The Balaban J connectivity index is 1.38. The molecule has 2 heterocycles. The number of rotatable bonds is 9.